The molecule has 2 aromatic rings. The summed E-state index contributed by atoms with van der Waals surface area (Å²) in [5.41, 5.74) is -0.771. The summed E-state index contributed by atoms with van der Waals surface area (Å²) in [5.74, 6) is -0.617. The third-order valence-electron chi connectivity index (χ3n) is 3.45. The van der Waals surface area contributed by atoms with Gasteiger partial charge in [-0.15, -0.1) is 0 Å². The molecule has 2 rings (SSSR count). The fourth-order valence-corrected chi connectivity index (χ4v) is 2.86. The number of primary sulfonamides is 1. The summed E-state index contributed by atoms with van der Waals surface area (Å²) in [7, 11) is -3.81. The normalized spacial score (nSPS) is 12.0. The number of nitrogens with one attached hydrogen (secondary N) is 1. The lowest BCUT2D eigenvalue weighted by Gasteiger charge is -2.14. The zero-order valence-electron chi connectivity index (χ0n) is 13.2. The van der Waals surface area contributed by atoms with Gasteiger partial charge in [0.1, 0.15) is 0 Å². The number of rotatable bonds is 5. The molecule has 0 aliphatic rings. The number of carbonyl (C=O) groups is 1. The van der Waals surface area contributed by atoms with Crippen LogP contribution >= 0.6 is 11.6 Å². The van der Waals surface area contributed by atoms with Crippen molar-refractivity contribution in [1.29, 1.82) is 0 Å². The molecule has 0 aliphatic carbocycles. The molecule has 0 unspecified atom stereocenters. The predicted octanol–water partition coefficient (Wildman–Crippen LogP) is 3.58. The first kappa shape index (κ1) is 20.2. The average molecular weight is 407 g/mol. The number of alkyl halides is 3. The quantitative estimate of drug-likeness (QED) is 0.795. The summed E-state index contributed by atoms with van der Waals surface area (Å²) in [5, 5.41) is 7.11. The van der Waals surface area contributed by atoms with Crippen molar-refractivity contribution in [3.8, 4) is 0 Å². The van der Waals surface area contributed by atoms with Crippen molar-refractivity contribution in [2.24, 2.45) is 5.14 Å². The van der Waals surface area contributed by atoms with Crippen LogP contribution in [-0.2, 0) is 27.4 Å². The second-order valence-corrected chi connectivity index (χ2v) is 7.42. The second-order valence-electron chi connectivity index (χ2n) is 5.42. The number of sulfonamides is 1. The summed E-state index contributed by atoms with van der Waals surface area (Å²) in [6, 6.07) is 8.63. The van der Waals surface area contributed by atoms with Gasteiger partial charge in [-0.05, 0) is 42.3 Å². The molecule has 2 aromatic carbocycles. The number of amides is 1. The van der Waals surface area contributed by atoms with E-state index in [9.17, 15) is 26.4 Å². The number of halogens is 4. The van der Waals surface area contributed by atoms with E-state index in [-0.39, 0.29) is 28.4 Å². The van der Waals surface area contributed by atoms with Gasteiger partial charge in [-0.25, -0.2) is 13.6 Å². The highest BCUT2D eigenvalue weighted by atomic mass is 35.5. The van der Waals surface area contributed by atoms with Crippen molar-refractivity contribution in [1.82, 2.24) is 0 Å². The van der Waals surface area contributed by atoms with Gasteiger partial charge in [-0.3, -0.25) is 4.79 Å². The van der Waals surface area contributed by atoms with Gasteiger partial charge < -0.3 is 5.32 Å². The number of hydrogen-bond acceptors (Lipinski definition) is 3. The van der Waals surface area contributed by atoms with Crippen LogP contribution < -0.4 is 10.5 Å². The molecule has 0 heterocycles. The molecule has 0 saturated heterocycles. The Labute approximate surface area is 153 Å². The highest BCUT2D eigenvalue weighted by Gasteiger charge is 2.34. The topological polar surface area (TPSA) is 89.3 Å². The van der Waals surface area contributed by atoms with E-state index < -0.39 is 27.7 Å². The van der Waals surface area contributed by atoms with E-state index in [1.54, 1.807) is 0 Å². The number of anilines is 1. The van der Waals surface area contributed by atoms with E-state index in [4.69, 9.17) is 16.7 Å². The Morgan fingerprint density at radius 2 is 1.73 bits per heavy atom. The summed E-state index contributed by atoms with van der Waals surface area (Å²) in [6.45, 7) is 0. The van der Waals surface area contributed by atoms with Crippen molar-refractivity contribution in [2.45, 2.75) is 23.9 Å². The van der Waals surface area contributed by atoms with E-state index >= 15 is 0 Å². The van der Waals surface area contributed by atoms with E-state index in [0.717, 1.165) is 12.1 Å². The smallest absolute Gasteiger partial charge is 0.325 e. The van der Waals surface area contributed by atoms with Crippen LogP contribution in [0.3, 0.4) is 0 Å². The Bertz CT molecular complexity index is 913. The minimum atomic E-state index is -4.66. The minimum Gasteiger partial charge on any atom is -0.325 e. The maximum atomic E-state index is 13.0. The van der Waals surface area contributed by atoms with Crippen LogP contribution in [0.25, 0.3) is 0 Å². The first-order valence-corrected chi connectivity index (χ1v) is 9.17. The number of benzene rings is 2. The van der Waals surface area contributed by atoms with Crippen LogP contribution in [0.4, 0.5) is 18.9 Å². The standard InChI is InChI=1S/C16H14ClF3N2O3S/c17-11-4-7-14(13(9-11)16(18,19)20)22-15(23)8-3-10-1-5-12(6-2-10)26(21,24)25/h1-2,4-7,9H,3,8H2,(H,22,23)(H2,21,24,25). The molecular formula is C16H14ClF3N2O3S. The van der Waals surface area contributed by atoms with Gasteiger partial charge in [-0.2, -0.15) is 13.2 Å². The summed E-state index contributed by atoms with van der Waals surface area (Å²) in [6.07, 6.45) is -4.53. The third-order valence-corrected chi connectivity index (χ3v) is 4.62. The highest BCUT2D eigenvalue weighted by Crippen LogP contribution is 2.36. The Morgan fingerprint density at radius 3 is 2.27 bits per heavy atom. The maximum Gasteiger partial charge on any atom is 0.418 e. The monoisotopic (exact) mass is 406 g/mol. The predicted molar refractivity (Wildman–Crippen MR) is 91.2 cm³/mol. The zero-order valence-corrected chi connectivity index (χ0v) is 14.8. The zero-order chi connectivity index (χ0) is 19.5. The van der Waals surface area contributed by atoms with Gasteiger partial charge in [0.05, 0.1) is 16.1 Å². The minimum absolute atomic E-state index is 0.0679. The molecule has 0 bridgehead atoms. The van der Waals surface area contributed by atoms with Gasteiger partial charge >= 0.3 is 6.18 Å². The Hall–Kier alpha value is -2.10. The number of carbonyl (C=O) groups excluding carboxylic acids is 1. The van der Waals surface area contributed by atoms with Gasteiger partial charge in [0.15, 0.2) is 0 Å². The lowest BCUT2D eigenvalue weighted by molar-refractivity contribution is -0.137. The van der Waals surface area contributed by atoms with Crippen molar-refractivity contribution >= 4 is 33.2 Å². The SMILES string of the molecule is NS(=O)(=O)c1ccc(CCC(=O)Nc2ccc(Cl)cc2C(F)(F)F)cc1. The largest absolute Gasteiger partial charge is 0.418 e. The van der Waals surface area contributed by atoms with Crippen molar-refractivity contribution < 1.29 is 26.4 Å². The fourth-order valence-electron chi connectivity index (χ4n) is 2.18. The first-order valence-electron chi connectivity index (χ1n) is 7.25. The molecule has 0 atom stereocenters. The summed E-state index contributed by atoms with van der Waals surface area (Å²) >= 11 is 5.58. The molecule has 0 spiro atoms. The molecule has 0 saturated carbocycles. The fraction of sp³-hybridized carbons (Fsp3) is 0.188. The molecule has 0 aromatic heterocycles. The van der Waals surface area contributed by atoms with E-state index in [2.05, 4.69) is 5.32 Å². The van der Waals surface area contributed by atoms with E-state index in [1.165, 1.54) is 30.3 Å². The van der Waals surface area contributed by atoms with Gasteiger partial charge in [0.25, 0.3) is 0 Å². The Balaban J connectivity index is 2.04. The second kappa shape index (κ2) is 7.65. The van der Waals surface area contributed by atoms with Gasteiger partial charge in [0.2, 0.25) is 15.9 Å². The van der Waals surface area contributed by atoms with Crippen LogP contribution in [0.15, 0.2) is 47.4 Å². The summed E-state index contributed by atoms with van der Waals surface area (Å²) < 4.78 is 61.3. The van der Waals surface area contributed by atoms with Crippen LogP contribution in [0.5, 0.6) is 0 Å². The highest BCUT2D eigenvalue weighted by molar-refractivity contribution is 7.89. The molecule has 0 radical (unpaired) electrons. The van der Waals surface area contributed by atoms with Crippen LogP contribution in [0, 0.1) is 0 Å². The van der Waals surface area contributed by atoms with Crippen molar-refractivity contribution in [3.05, 3.63) is 58.6 Å². The lowest BCUT2D eigenvalue weighted by atomic mass is 10.1. The average Bonchev–Trinajstić information content (AvgIpc) is 2.53. The molecule has 1 amide bonds. The van der Waals surface area contributed by atoms with Gasteiger partial charge in [-0.1, -0.05) is 23.7 Å². The lowest BCUT2D eigenvalue weighted by Crippen LogP contribution is -2.17. The first-order chi connectivity index (χ1) is 12.0. The maximum absolute atomic E-state index is 13.0. The van der Waals surface area contributed by atoms with E-state index in [0.29, 0.717) is 5.56 Å². The number of aryl methyl sites for hydroxylation is 1. The molecule has 0 fully saturated rings. The van der Waals surface area contributed by atoms with Crippen LogP contribution in [0.1, 0.15) is 17.5 Å². The van der Waals surface area contributed by atoms with Crippen molar-refractivity contribution in [3.63, 3.8) is 0 Å². The molecule has 3 N–H and O–H groups in total. The molecule has 5 nitrogen and oxygen atoms in total. The summed E-state index contributed by atoms with van der Waals surface area (Å²) in [4.78, 5) is 11.9. The Morgan fingerprint density at radius 1 is 1.12 bits per heavy atom. The molecule has 26 heavy (non-hydrogen) atoms. The Kier molecular flexibility index (Phi) is 5.94. The van der Waals surface area contributed by atoms with Gasteiger partial charge in [0, 0.05) is 11.4 Å². The van der Waals surface area contributed by atoms with Crippen LogP contribution in [-0.4, -0.2) is 14.3 Å². The van der Waals surface area contributed by atoms with Crippen molar-refractivity contribution in [2.75, 3.05) is 5.32 Å². The number of nitrogens with two attached hydrogens (primary N) is 1. The molecule has 10 heteroatoms. The number of hydrogen-bond donors (Lipinski definition) is 2. The molecule has 140 valence electrons. The molecular weight excluding hydrogens is 393 g/mol. The van der Waals surface area contributed by atoms with Crippen LogP contribution in [0.2, 0.25) is 5.02 Å². The third kappa shape index (κ3) is 5.45. The van der Waals surface area contributed by atoms with E-state index in [1.807, 2.05) is 0 Å². The molecule has 0 aliphatic heterocycles.